The van der Waals surface area contributed by atoms with E-state index in [1.54, 1.807) is 0 Å². The molecule has 0 aliphatic carbocycles. The van der Waals surface area contributed by atoms with Crippen molar-refractivity contribution in [3.8, 4) is 0 Å². The van der Waals surface area contributed by atoms with E-state index in [1.807, 2.05) is 0 Å². The van der Waals surface area contributed by atoms with Gasteiger partial charge in [-0.2, -0.15) is 5.10 Å². The first-order chi connectivity index (χ1) is 9.51. The summed E-state index contributed by atoms with van der Waals surface area (Å²) in [5.74, 6) is 0. The van der Waals surface area contributed by atoms with Crippen LogP contribution in [-0.2, 0) is 13.1 Å². The van der Waals surface area contributed by atoms with Gasteiger partial charge >= 0.3 is 0 Å². The van der Waals surface area contributed by atoms with Gasteiger partial charge in [-0.05, 0) is 39.8 Å². The summed E-state index contributed by atoms with van der Waals surface area (Å²) in [6.07, 6.45) is 0. The van der Waals surface area contributed by atoms with Crippen LogP contribution in [0.25, 0.3) is 0 Å². The van der Waals surface area contributed by atoms with Crippen molar-refractivity contribution < 1.29 is 0 Å². The van der Waals surface area contributed by atoms with Crippen LogP contribution in [-0.4, -0.2) is 16.3 Å². The van der Waals surface area contributed by atoms with Crippen molar-refractivity contribution in [3.05, 3.63) is 51.8 Å². The van der Waals surface area contributed by atoms with Crippen molar-refractivity contribution in [2.24, 2.45) is 0 Å². The molecule has 0 unspecified atom stereocenters. The zero-order chi connectivity index (χ0) is 14.7. The van der Waals surface area contributed by atoms with Gasteiger partial charge in [0.2, 0.25) is 0 Å². The lowest BCUT2D eigenvalue weighted by atomic mass is 10.1. The monoisotopic (exact) mass is 271 g/mol. The Morgan fingerprint density at radius 2 is 1.70 bits per heavy atom. The van der Waals surface area contributed by atoms with E-state index in [-0.39, 0.29) is 0 Å². The molecule has 0 saturated heterocycles. The summed E-state index contributed by atoms with van der Waals surface area (Å²) in [5, 5.41) is 8.08. The van der Waals surface area contributed by atoms with E-state index >= 15 is 0 Å². The predicted octanol–water partition coefficient (Wildman–Crippen LogP) is 3.27. The average molecular weight is 271 g/mol. The Balaban J connectivity index is 2.25. The number of nitrogens with zero attached hydrogens (tertiary/aromatic N) is 2. The van der Waals surface area contributed by atoms with Crippen molar-refractivity contribution in [2.45, 2.75) is 47.7 Å². The van der Waals surface area contributed by atoms with Gasteiger partial charge in [-0.1, -0.05) is 36.2 Å². The molecule has 1 aromatic heterocycles. The number of rotatable bonds is 5. The van der Waals surface area contributed by atoms with E-state index in [0.717, 1.165) is 25.3 Å². The molecule has 108 valence electrons. The summed E-state index contributed by atoms with van der Waals surface area (Å²) in [7, 11) is 0. The molecule has 0 saturated carbocycles. The summed E-state index contributed by atoms with van der Waals surface area (Å²) < 4.78 is 2.12. The first kappa shape index (κ1) is 14.8. The predicted molar refractivity (Wildman–Crippen MR) is 84.1 cm³/mol. The third kappa shape index (κ3) is 3.28. The van der Waals surface area contributed by atoms with E-state index in [0.29, 0.717) is 0 Å². The van der Waals surface area contributed by atoms with E-state index in [4.69, 9.17) is 5.10 Å². The first-order valence-electron chi connectivity index (χ1n) is 7.32. The van der Waals surface area contributed by atoms with Crippen LogP contribution in [0.1, 0.15) is 40.6 Å². The number of aromatic nitrogens is 2. The van der Waals surface area contributed by atoms with Crippen molar-refractivity contribution >= 4 is 0 Å². The highest BCUT2D eigenvalue weighted by Gasteiger charge is 2.11. The minimum Gasteiger partial charge on any atom is -0.313 e. The lowest BCUT2D eigenvalue weighted by Crippen LogP contribution is -2.13. The van der Waals surface area contributed by atoms with Gasteiger partial charge in [0.1, 0.15) is 0 Å². The maximum Gasteiger partial charge on any atom is 0.0662 e. The van der Waals surface area contributed by atoms with Gasteiger partial charge in [0.25, 0.3) is 0 Å². The molecule has 3 nitrogen and oxygen atoms in total. The Bertz CT molecular complexity index is 576. The molecule has 0 spiro atoms. The minimum absolute atomic E-state index is 0.849. The van der Waals surface area contributed by atoms with Crippen LogP contribution in [0.3, 0.4) is 0 Å². The third-order valence-electron chi connectivity index (χ3n) is 3.70. The second-order valence-corrected chi connectivity index (χ2v) is 5.58. The number of aryl methyl sites for hydroxylation is 3. The highest BCUT2D eigenvalue weighted by molar-refractivity contribution is 5.30. The van der Waals surface area contributed by atoms with Gasteiger partial charge in [0.05, 0.1) is 12.2 Å². The molecular weight excluding hydrogens is 246 g/mol. The molecule has 2 rings (SSSR count). The Labute approximate surface area is 122 Å². The molecule has 1 aromatic carbocycles. The molecule has 0 bridgehead atoms. The van der Waals surface area contributed by atoms with Gasteiger partial charge in [0, 0.05) is 17.8 Å². The Morgan fingerprint density at radius 3 is 2.30 bits per heavy atom. The normalized spacial score (nSPS) is 11.1. The molecule has 0 amide bonds. The molecule has 1 heterocycles. The minimum atomic E-state index is 0.849. The maximum absolute atomic E-state index is 4.69. The summed E-state index contributed by atoms with van der Waals surface area (Å²) in [5.41, 5.74) is 7.68. The molecule has 20 heavy (non-hydrogen) atoms. The molecule has 0 fully saturated rings. The SMILES string of the molecule is CCNCc1c(C)nn(Cc2cc(C)cc(C)c2)c1C. The molecule has 3 heteroatoms. The molecular formula is C17H25N3. The number of benzene rings is 1. The van der Waals surface area contributed by atoms with E-state index in [1.165, 1.54) is 27.9 Å². The van der Waals surface area contributed by atoms with Crippen LogP contribution in [0.2, 0.25) is 0 Å². The van der Waals surface area contributed by atoms with Gasteiger partial charge in [-0.3, -0.25) is 4.68 Å². The maximum atomic E-state index is 4.69. The third-order valence-corrected chi connectivity index (χ3v) is 3.70. The molecule has 0 aliphatic heterocycles. The van der Waals surface area contributed by atoms with Gasteiger partial charge in [-0.25, -0.2) is 0 Å². The van der Waals surface area contributed by atoms with Gasteiger partial charge in [0.15, 0.2) is 0 Å². The second kappa shape index (κ2) is 6.23. The highest BCUT2D eigenvalue weighted by atomic mass is 15.3. The average Bonchev–Trinajstić information content (AvgIpc) is 2.61. The Morgan fingerprint density at radius 1 is 1.05 bits per heavy atom. The zero-order valence-corrected chi connectivity index (χ0v) is 13.2. The summed E-state index contributed by atoms with van der Waals surface area (Å²) in [6, 6.07) is 6.70. The summed E-state index contributed by atoms with van der Waals surface area (Å²) in [4.78, 5) is 0. The van der Waals surface area contributed by atoms with E-state index in [9.17, 15) is 0 Å². The first-order valence-corrected chi connectivity index (χ1v) is 7.32. The van der Waals surface area contributed by atoms with Gasteiger partial charge < -0.3 is 5.32 Å². The Hall–Kier alpha value is -1.61. The van der Waals surface area contributed by atoms with Crippen molar-refractivity contribution in [1.29, 1.82) is 0 Å². The lowest BCUT2D eigenvalue weighted by Gasteiger charge is -2.08. The summed E-state index contributed by atoms with van der Waals surface area (Å²) >= 11 is 0. The smallest absolute Gasteiger partial charge is 0.0662 e. The standard InChI is InChI=1S/C17H25N3/c1-6-18-10-17-14(4)19-20(15(17)5)11-16-8-12(2)7-13(3)9-16/h7-9,18H,6,10-11H2,1-5H3. The number of hydrogen-bond acceptors (Lipinski definition) is 2. The van der Waals surface area contributed by atoms with Crippen molar-refractivity contribution in [1.82, 2.24) is 15.1 Å². The molecule has 1 N–H and O–H groups in total. The summed E-state index contributed by atoms with van der Waals surface area (Å²) in [6.45, 7) is 13.4. The lowest BCUT2D eigenvalue weighted by molar-refractivity contribution is 0.655. The quantitative estimate of drug-likeness (QED) is 0.904. The van der Waals surface area contributed by atoms with Crippen LogP contribution in [0, 0.1) is 27.7 Å². The molecule has 2 aromatic rings. The zero-order valence-electron chi connectivity index (χ0n) is 13.2. The fourth-order valence-corrected chi connectivity index (χ4v) is 2.73. The van der Waals surface area contributed by atoms with Crippen LogP contribution in [0.15, 0.2) is 18.2 Å². The van der Waals surface area contributed by atoms with Crippen LogP contribution in [0.5, 0.6) is 0 Å². The number of hydrogen-bond donors (Lipinski definition) is 1. The second-order valence-electron chi connectivity index (χ2n) is 5.58. The van der Waals surface area contributed by atoms with E-state index < -0.39 is 0 Å². The van der Waals surface area contributed by atoms with Crippen LogP contribution >= 0.6 is 0 Å². The molecule has 0 radical (unpaired) electrons. The fraction of sp³-hybridized carbons (Fsp3) is 0.471. The van der Waals surface area contributed by atoms with Crippen molar-refractivity contribution in [3.63, 3.8) is 0 Å². The fourth-order valence-electron chi connectivity index (χ4n) is 2.73. The topological polar surface area (TPSA) is 29.9 Å². The van der Waals surface area contributed by atoms with Crippen LogP contribution < -0.4 is 5.32 Å². The van der Waals surface area contributed by atoms with Gasteiger partial charge in [-0.15, -0.1) is 0 Å². The number of nitrogens with one attached hydrogen (secondary N) is 1. The molecule has 0 atom stereocenters. The van der Waals surface area contributed by atoms with E-state index in [2.05, 4.69) is 62.8 Å². The Kier molecular flexibility index (Phi) is 4.61. The highest BCUT2D eigenvalue weighted by Crippen LogP contribution is 2.16. The molecule has 0 aliphatic rings. The largest absolute Gasteiger partial charge is 0.313 e. The van der Waals surface area contributed by atoms with Crippen LogP contribution in [0.4, 0.5) is 0 Å². The van der Waals surface area contributed by atoms with Crippen molar-refractivity contribution in [2.75, 3.05) is 6.54 Å².